The van der Waals surface area contributed by atoms with E-state index in [1.165, 1.54) is 7.11 Å². The molecule has 2 unspecified atom stereocenters. The van der Waals surface area contributed by atoms with Gasteiger partial charge in [0.1, 0.15) is 23.0 Å². The molecule has 3 aromatic carbocycles. The lowest BCUT2D eigenvalue weighted by molar-refractivity contribution is -0.139. The minimum absolute atomic E-state index is 0.0153. The van der Waals surface area contributed by atoms with E-state index >= 15 is 0 Å². The average molecular weight is 436 g/mol. The molecular weight excluding hydrogens is 406 g/mol. The maximum absolute atomic E-state index is 11.3. The van der Waals surface area contributed by atoms with Crippen LogP contribution in [0.5, 0.6) is 17.2 Å². The number of nitrogens with two attached hydrogens (primary N) is 1. The number of methoxy groups -OCH3 is 1. The van der Waals surface area contributed by atoms with E-state index in [0.29, 0.717) is 35.8 Å². The molecule has 0 aliphatic rings. The van der Waals surface area contributed by atoms with Gasteiger partial charge in [0.2, 0.25) is 0 Å². The van der Waals surface area contributed by atoms with Gasteiger partial charge in [0.15, 0.2) is 0 Å². The molecule has 0 aliphatic carbocycles. The van der Waals surface area contributed by atoms with Crippen LogP contribution in [0, 0.1) is 5.92 Å². The largest absolute Gasteiger partial charge is 0.493 e. The first-order valence-corrected chi connectivity index (χ1v) is 10.5. The highest BCUT2D eigenvalue weighted by atomic mass is 16.5. The van der Waals surface area contributed by atoms with Crippen molar-refractivity contribution in [1.82, 2.24) is 0 Å². The summed E-state index contributed by atoms with van der Waals surface area (Å²) in [6.45, 7) is 2.35. The molecule has 0 heterocycles. The number of aliphatic hydroxyl groups is 1. The number of carbonyl (C=O) groups excluding carboxylic acids is 1. The third-order valence-electron chi connectivity index (χ3n) is 5.01. The second kappa shape index (κ2) is 10.8. The van der Waals surface area contributed by atoms with Gasteiger partial charge in [0, 0.05) is 5.56 Å². The van der Waals surface area contributed by atoms with Crippen LogP contribution >= 0.6 is 0 Å². The molecule has 168 valence electrons. The Balaban J connectivity index is 1.55. The highest BCUT2D eigenvalue weighted by molar-refractivity contribution is 5.72. The van der Waals surface area contributed by atoms with E-state index in [9.17, 15) is 9.90 Å². The molecule has 2 atom stereocenters. The Hall–Kier alpha value is -3.35. The van der Waals surface area contributed by atoms with Gasteiger partial charge in [-0.1, -0.05) is 49.4 Å². The highest BCUT2D eigenvalue weighted by Gasteiger charge is 2.27. The first-order valence-electron chi connectivity index (χ1n) is 10.5. The van der Waals surface area contributed by atoms with Gasteiger partial charge in [-0.25, -0.2) is 0 Å². The predicted molar refractivity (Wildman–Crippen MR) is 122 cm³/mol. The summed E-state index contributed by atoms with van der Waals surface area (Å²) in [4.78, 5) is 11.3. The fraction of sp³-hybridized carbons (Fsp3) is 0.269. The summed E-state index contributed by atoms with van der Waals surface area (Å²) in [7, 11) is 1.37. The van der Waals surface area contributed by atoms with Crippen molar-refractivity contribution in [3.05, 3.63) is 90.0 Å². The van der Waals surface area contributed by atoms with Crippen molar-refractivity contribution >= 4 is 5.97 Å². The smallest absolute Gasteiger partial charge is 0.309 e. The van der Waals surface area contributed by atoms with E-state index in [1.54, 1.807) is 12.1 Å². The predicted octanol–water partition coefficient (Wildman–Crippen LogP) is 4.40. The molecule has 3 N–H and O–H groups in total. The molecule has 0 saturated carbocycles. The van der Waals surface area contributed by atoms with Crippen LogP contribution in [-0.2, 0) is 21.7 Å². The van der Waals surface area contributed by atoms with Gasteiger partial charge >= 0.3 is 5.97 Å². The summed E-state index contributed by atoms with van der Waals surface area (Å²) in [5.41, 5.74) is 6.15. The average Bonchev–Trinajstić information content (AvgIpc) is 2.79. The van der Waals surface area contributed by atoms with Crippen molar-refractivity contribution in [2.45, 2.75) is 25.5 Å². The molecule has 3 aromatic rings. The van der Waals surface area contributed by atoms with E-state index in [-0.39, 0.29) is 18.3 Å². The van der Waals surface area contributed by atoms with Crippen molar-refractivity contribution in [2.75, 3.05) is 13.7 Å². The van der Waals surface area contributed by atoms with Gasteiger partial charge in [-0.2, -0.15) is 0 Å². The molecule has 0 saturated heterocycles. The number of hydrogen-bond donors (Lipinski definition) is 2. The van der Waals surface area contributed by atoms with E-state index in [1.807, 2.05) is 73.7 Å². The lowest BCUT2D eigenvalue weighted by atomic mass is 9.93. The number of hydrogen-bond acceptors (Lipinski definition) is 6. The van der Waals surface area contributed by atoms with Crippen LogP contribution < -0.4 is 15.2 Å². The minimum Gasteiger partial charge on any atom is -0.493 e. The second-order valence-electron chi connectivity index (χ2n) is 7.88. The molecule has 0 spiro atoms. The number of benzene rings is 3. The third-order valence-corrected chi connectivity index (χ3v) is 5.01. The molecule has 0 fully saturated rings. The van der Waals surface area contributed by atoms with Crippen LogP contribution in [0.1, 0.15) is 24.5 Å². The molecule has 3 rings (SSSR count). The number of ether oxygens (including phenoxy) is 3. The van der Waals surface area contributed by atoms with E-state index in [4.69, 9.17) is 15.2 Å². The molecule has 0 aliphatic heterocycles. The highest BCUT2D eigenvalue weighted by Crippen LogP contribution is 2.29. The van der Waals surface area contributed by atoms with Gasteiger partial charge in [0.05, 0.1) is 20.1 Å². The Morgan fingerprint density at radius 3 is 2.34 bits per heavy atom. The van der Waals surface area contributed by atoms with Gasteiger partial charge < -0.3 is 19.3 Å². The van der Waals surface area contributed by atoms with E-state index < -0.39 is 5.72 Å². The lowest BCUT2D eigenvalue weighted by Crippen LogP contribution is -2.39. The zero-order valence-corrected chi connectivity index (χ0v) is 18.4. The third kappa shape index (κ3) is 6.83. The zero-order chi connectivity index (χ0) is 23.0. The summed E-state index contributed by atoms with van der Waals surface area (Å²) < 4.78 is 16.3. The standard InChI is InChI=1S/C26H29NO5/c1-19(18-31-22-13-11-20(12-14-22)15-25(28)30-2)17-26(27,29)21-7-6-10-24(16-21)32-23-8-4-3-5-9-23/h3-14,16,19,29H,15,17-18,27H2,1-2H3. The molecule has 32 heavy (non-hydrogen) atoms. The number of para-hydroxylation sites is 1. The molecule has 6 heteroatoms. The number of carbonyl (C=O) groups is 1. The van der Waals surface area contributed by atoms with Gasteiger partial charge in [0.25, 0.3) is 0 Å². The molecular formula is C26H29NO5. The topological polar surface area (TPSA) is 91.0 Å². The minimum atomic E-state index is -1.52. The molecule has 0 bridgehead atoms. The van der Waals surface area contributed by atoms with Crippen molar-refractivity contribution in [2.24, 2.45) is 11.7 Å². The van der Waals surface area contributed by atoms with Crippen LogP contribution in [0.4, 0.5) is 0 Å². The summed E-state index contributed by atoms with van der Waals surface area (Å²) in [5.74, 6) is 1.70. The maximum Gasteiger partial charge on any atom is 0.309 e. The molecule has 0 aromatic heterocycles. The van der Waals surface area contributed by atoms with E-state index in [0.717, 1.165) is 5.56 Å². The summed E-state index contributed by atoms with van der Waals surface area (Å²) in [6.07, 6.45) is 0.530. The maximum atomic E-state index is 11.3. The van der Waals surface area contributed by atoms with Crippen LogP contribution in [0.2, 0.25) is 0 Å². The lowest BCUT2D eigenvalue weighted by Gasteiger charge is -2.27. The molecule has 6 nitrogen and oxygen atoms in total. The van der Waals surface area contributed by atoms with Crippen LogP contribution in [0.3, 0.4) is 0 Å². The van der Waals surface area contributed by atoms with Crippen molar-refractivity contribution in [3.8, 4) is 17.2 Å². The van der Waals surface area contributed by atoms with E-state index in [2.05, 4.69) is 4.74 Å². The Labute approximate surface area is 188 Å². The number of esters is 1. The van der Waals surface area contributed by atoms with Crippen LogP contribution in [0.25, 0.3) is 0 Å². The quantitative estimate of drug-likeness (QED) is 0.362. The monoisotopic (exact) mass is 435 g/mol. The fourth-order valence-electron chi connectivity index (χ4n) is 3.34. The normalized spacial score (nSPS) is 13.6. The Morgan fingerprint density at radius 1 is 0.969 bits per heavy atom. The summed E-state index contributed by atoms with van der Waals surface area (Å²) in [5, 5.41) is 10.9. The van der Waals surface area contributed by atoms with Gasteiger partial charge in [-0.3, -0.25) is 10.5 Å². The Bertz CT molecular complexity index is 1000. The Kier molecular flexibility index (Phi) is 7.87. The van der Waals surface area contributed by atoms with Gasteiger partial charge in [-0.15, -0.1) is 0 Å². The van der Waals surface area contributed by atoms with Crippen molar-refractivity contribution in [3.63, 3.8) is 0 Å². The molecule has 0 radical (unpaired) electrons. The van der Waals surface area contributed by atoms with Crippen molar-refractivity contribution in [1.29, 1.82) is 0 Å². The van der Waals surface area contributed by atoms with Crippen molar-refractivity contribution < 1.29 is 24.1 Å². The molecule has 0 amide bonds. The van der Waals surface area contributed by atoms with Crippen LogP contribution in [-0.4, -0.2) is 24.8 Å². The number of rotatable bonds is 10. The SMILES string of the molecule is COC(=O)Cc1ccc(OCC(C)CC(N)(O)c2cccc(Oc3ccccc3)c2)cc1. The van der Waals surface area contributed by atoms with Crippen LogP contribution in [0.15, 0.2) is 78.9 Å². The first-order chi connectivity index (χ1) is 15.4. The summed E-state index contributed by atoms with van der Waals surface area (Å²) in [6, 6.07) is 23.9. The summed E-state index contributed by atoms with van der Waals surface area (Å²) >= 11 is 0. The Morgan fingerprint density at radius 2 is 1.66 bits per heavy atom. The van der Waals surface area contributed by atoms with Gasteiger partial charge in [-0.05, 0) is 54.3 Å². The first kappa shape index (κ1) is 23.3. The zero-order valence-electron chi connectivity index (χ0n) is 18.4. The second-order valence-corrected chi connectivity index (χ2v) is 7.88. The fourth-order valence-corrected chi connectivity index (χ4v) is 3.34.